The molecule has 2 aromatic heterocycles. The van der Waals surface area contributed by atoms with E-state index in [1.54, 1.807) is 0 Å². The molecule has 8 aromatic rings. The van der Waals surface area contributed by atoms with Gasteiger partial charge in [0.1, 0.15) is 0 Å². The Morgan fingerprint density at radius 1 is 0.232 bits per heavy atom. The maximum Gasteiger partial charge on any atom is 0.233 e. The second kappa shape index (κ2) is 17.1. The summed E-state index contributed by atoms with van der Waals surface area (Å²) in [7, 11) is 0. The summed E-state index contributed by atoms with van der Waals surface area (Å²) in [4.78, 5) is 27.6. The van der Waals surface area contributed by atoms with E-state index in [9.17, 15) is 0 Å². The first-order chi connectivity index (χ1) is 27.6. The molecule has 0 bridgehead atoms. The molecule has 0 aliphatic carbocycles. The summed E-state index contributed by atoms with van der Waals surface area (Å²) in [5.74, 6) is 2.45. The molecule has 0 aliphatic rings. The Balaban J connectivity index is 0.929. The lowest BCUT2D eigenvalue weighted by Crippen LogP contribution is -2.07. The summed E-state index contributed by atoms with van der Waals surface area (Å²) >= 11 is 0. The SMILES string of the molecule is C(=C\c1ccc(Nc2nc(Nc3ccccc3)nc(Nc3ccccc3)n2)cc1)/c1ccc(Nc2nc(Nc3ccccc3)nc(Nc3ccccc3)n2)cc1. The van der Waals surface area contributed by atoms with Crippen LogP contribution in [0.25, 0.3) is 12.2 Å². The first kappa shape index (κ1) is 34.9. The number of anilines is 12. The van der Waals surface area contributed by atoms with Gasteiger partial charge in [0.2, 0.25) is 35.7 Å². The molecule has 56 heavy (non-hydrogen) atoms. The Morgan fingerprint density at radius 2 is 0.429 bits per heavy atom. The quantitative estimate of drug-likeness (QED) is 0.0591. The first-order valence-corrected chi connectivity index (χ1v) is 17.9. The molecule has 8 rings (SSSR count). The van der Waals surface area contributed by atoms with Crippen LogP contribution in [0.5, 0.6) is 0 Å². The molecule has 0 fully saturated rings. The van der Waals surface area contributed by atoms with E-state index in [-0.39, 0.29) is 0 Å². The van der Waals surface area contributed by atoms with Crippen LogP contribution < -0.4 is 31.9 Å². The van der Waals surface area contributed by atoms with E-state index < -0.39 is 0 Å². The van der Waals surface area contributed by atoms with Crippen LogP contribution in [-0.2, 0) is 0 Å². The van der Waals surface area contributed by atoms with Gasteiger partial charge in [-0.05, 0) is 83.9 Å². The predicted octanol–water partition coefficient (Wildman–Crippen LogP) is 10.7. The van der Waals surface area contributed by atoms with Crippen molar-refractivity contribution in [2.45, 2.75) is 0 Å². The van der Waals surface area contributed by atoms with Crippen LogP contribution in [-0.4, -0.2) is 29.9 Å². The van der Waals surface area contributed by atoms with Crippen molar-refractivity contribution in [3.63, 3.8) is 0 Å². The number of benzene rings is 6. The lowest BCUT2D eigenvalue weighted by atomic mass is 10.1. The summed E-state index contributed by atoms with van der Waals surface area (Å²) in [5, 5.41) is 19.7. The lowest BCUT2D eigenvalue weighted by molar-refractivity contribution is 1.06. The molecule has 12 heteroatoms. The van der Waals surface area contributed by atoms with Gasteiger partial charge in [0, 0.05) is 34.1 Å². The van der Waals surface area contributed by atoms with Crippen molar-refractivity contribution < 1.29 is 0 Å². The minimum atomic E-state index is 0.401. The third-order valence-corrected chi connectivity index (χ3v) is 8.19. The van der Waals surface area contributed by atoms with E-state index in [1.165, 1.54) is 0 Å². The van der Waals surface area contributed by atoms with Crippen LogP contribution in [0.3, 0.4) is 0 Å². The zero-order valence-electron chi connectivity index (χ0n) is 30.0. The molecule has 6 aromatic carbocycles. The molecule has 6 N–H and O–H groups in total. The summed E-state index contributed by atoms with van der Waals surface area (Å²) in [6.45, 7) is 0. The van der Waals surface area contributed by atoms with Crippen LogP contribution in [0.1, 0.15) is 11.1 Å². The molecule has 0 aliphatic heterocycles. The van der Waals surface area contributed by atoms with Crippen LogP contribution in [0, 0.1) is 0 Å². The summed E-state index contributed by atoms with van der Waals surface area (Å²) in [5.41, 5.74) is 7.23. The number of rotatable bonds is 14. The number of hydrogen-bond donors (Lipinski definition) is 6. The largest absolute Gasteiger partial charge is 0.324 e. The summed E-state index contributed by atoms with van der Waals surface area (Å²) < 4.78 is 0. The van der Waals surface area contributed by atoms with E-state index >= 15 is 0 Å². The van der Waals surface area contributed by atoms with Crippen molar-refractivity contribution in [3.05, 3.63) is 181 Å². The molecule has 0 unspecified atom stereocenters. The van der Waals surface area contributed by atoms with Gasteiger partial charge in [0.15, 0.2) is 0 Å². The number of nitrogens with one attached hydrogen (secondary N) is 6. The van der Waals surface area contributed by atoms with E-state index in [0.717, 1.165) is 45.3 Å². The highest BCUT2D eigenvalue weighted by molar-refractivity contribution is 5.72. The zero-order valence-corrected chi connectivity index (χ0v) is 30.0. The molecule has 0 saturated heterocycles. The number of nitrogens with zero attached hydrogens (tertiary/aromatic N) is 6. The molecule has 0 atom stereocenters. The van der Waals surface area contributed by atoms with Gasteiger partial charge < -0.3 is 31.9 Å². The number of para-hydroxylation sites is 4. The Kier molecular flexibility index (Phi) is 10.7. The standard InChI is InChI=1S/C44H36N12/c1-5-13-33(14-6-1)45-39-51-40(46-34-15-7-2-8-16-34)54-43(53-39)49-37-27-23-31(24-28-37)21-22-32-25-29-38(30-26-32)50-44-55-41(47-35-17-9-3-10-18-35)52-42(56-44)48-36-19-11-4-12-20-36/h1-30H,(H3,45,46,49,51,53,54)(H3,47,48,50,52,55,56)/b22-21+. The predicted molar refractivity (Wildman–Crippen MR) is 227 cm³/mol. The fourth-order valence-corrected chi connectivity index (χ4v) is 5.50. The molecule has 0 amide bonds. The second-order valence-electron chi connectivity index (χ2n) is 12.4. The molecule has 272 valence electrons. The Hall–Kier alpha value is -8.12. The van der Waals surface area contributed by atoms with Gasteiger partial charge in [0.05, 0.1) is 0 Å². The highest BCUT2D eigenvalue weighted by atomic mass is 15.3. The Morgan fingerprint density at radius 3 is 0.643 bits per heavy atom. The molecule has 0 spiro atoms. The van der Waals surface area contributed by atoms with Gasteiger partial charge in [-0.25, -0.2) is 0 Å². The van der Waals surface area contributed by atoms with Crippen molar-refractivity contribution in [3.8, 4) is 0 Å². The number of aromatic nitrogens is 6. The highest BCUT2D eigenvalue weighted by Crippen LogP contribution is 2.24. The first-order valence-electron chi connectivity index (χ1n) is 17.9. The molecular formula is C44H36N12. The van der Waals surface area contributed by atoms with E-state index in [2.05, 4.69) is 74.0 Å². The van der Waals surface area contributed by atoms with Crippen LogP contribution >= 0.6 is 0 Å². The Labute approximate surface area is 323 Å². The number of hydrogen-bond acceptors (Lipinski definition) is 12. The monoisotopic (exact) mass is 732 g/mol. The van der Waals surface area contributed by atoms with Gasteiger partial charge >= 0.3 is 0 Å². The molecular weight excluding hydrogens is 697 g/mol. The summed E-state index contributed by atoms with van der Waals surface area (Å²) in [6.07, 6.45) is 4.13. The Bertz CT molecular complexity index is 2200. The van der Waals surface area contributed by atoms with Gasteiger partial charge in [-0.3, -0.25) is 0 Å². The average Bonchev–Trinajstić information content (AvgIpc) is 3.22. The van der Waals surface area contributed by atoms with Crippen molar-refractivity contribution in [1.29, 1.82) is 0 Å². The zero-order chi connectivity index (χ0) is 37.8. The van der Waals surface area contributed by atoms with Gasteiger partial charge in [0.25, 0.3) is 0 Å². The second-order valence-corrected chi connectivity index (χ2v) is 12.4. The van der Waals surface area contributed by atoms with E-state index in [4.69, 9.17) is 0 Å². The van der Waals surface area contributed by atoms with Crippen molar-refractivity contribution >= 4 is 82.0 Å². The van der Waals surface area contributed by atoms with Crippen molar-refractivity contribution in [2.24, 2.45) is 0 Å². The maximum absolute atomic E-state index is 4.62. The minimum Gasteiger partial charge on any atom is -0.324 e. The van der Waals surface area contributed by atoms with Crippen molar-refractivity contribution in [2.75, 3.05) is 31.9 Å². The van der Waals surface area contributed by atoms with Crippen LogP contribution in [0.4, 0.5) is 69.8 Å². The van der Waals surface area contributed by atoms with Gasteiger partial charge in [-0.1, -0.05) is 109 Å². The summed E-state index contributed by atoms with van der Waals surface area (Å²) in [6, 6.07) is 55.2. The van der Waals surface area contributed by atoms with Crippen LogP contribution in [0.2, 0.25) is 0 Å². The van der Waals surface area contributed by atoms with Crippen molar-refractivity contribution in [1.82, 2.24) is 29.9 Å². The lowest BCUT2D eigenvalue weighted by Gasteiger charge is -2.12. The molecule has 12 nitrogen and oxygen atoms in total. The average molecular weight is 733 g/mol. The smallest absolute Gasteiger partial charge is 0.233 e. The van der Waals surface area contributed by atoms with Gasteiger partial charge in [-0.15, -0.1) is 0 Å². The highest BCUT2D eigenvalue weighted by Gasteiger charge is 2.10. The third kappa shape index (κ3) is 9.85. The van der Waals surface area contributed by atoms with Crippen LogP contribution in [0.15, 0.2) is 170 Å². The maximum atomic E-state index is 4.62. The molecule has 0 saturated carbocycles. The van der Waals surface area contributed by atoms with E-state index in [0.29, 0.717) is 35.7 Å². The minimum absolute atomic E-state index is 0.401. The third-order valence-electron chi connectivity index (χ3n) is 8.19. The fourth-order valence-electron chi connectivity index (χ4n) is 5.50. The normalized spacial score (nSPS) is 10.8. The van der Waals surface area contributed by atoms with Gasteiger partial charge in [-0.2, -0.15) is 29.9 Å². The topological polar surface area (TPSA) is 150 Å². The molecule has 2 heterocycles. The molecule has 0 radical (unpaired) electrons. The van der Waals surface area contributed by atoms with E-state index in [1.807, 2.05) is 170 Å². The fraction of sp³-hybridized carbons (Fsp3) is 0.